The summed E-state index contributed by atoms with van der Waals surface area (Å²) in [4.78, 5) is 15.8. The Morgan fingerprint density at radius 3 is 2.96 bits per heavy atom. The Morgan fingerprint density at radius 1 is 1.33 bits per heavy atom. The molecule has 0 aliphatic carbocycles. The highest BCUT2D eigenvalue weighted by atomic mass is 15.2. The van der Waals surface area contributed by atoms with Gasteiger partial charge < -0.3 is 10.2 Å². The van der Waals surface area contributed by atoms with Crippen LogP contribution in [0.3, 0.4) is 0 Å². The van der Waals surface area contributed by atoms with Crippen LogP contribution in [-0.2, 0) is 0 Å². The summed E-state index contributed by atoms with van der Waals surface area (Å²) in [6, 6.07) is 6.61. The SMILES string of the molecule is Cc1nc(NC[C@H]2CCCN(C(C)C)C2)cc(-c2cccnc2)n1. The Balaban J connectivity index is 1.66. The Labute approximate surface area is 144 Å². The molecule has 3 heterocycles. The van der Waals surface area contributed by atoms with Crippen molar-refractivity contribution in [3.05, 3.63) is 36.4 Å². The van der Waals surface area contributed by atoms with E-state index in [0.29, 0.717) is 12.0 Å². The average Bonchev–Trinajstić information content (AvgIpc) is 2.60. The van der Waals surface area contributed by atoms with Gasteiger partial charge in [-0.2, -0.15) is 0 Å². The van der Waals surface area contributed by atoms with Gasteiger partial charge in [0.15, 0.2) is 0 Å². The Kier molecular flexibility index (Phi) is 5.41. The lowest BCUT2D eigenvalue weighted by molar-refractivity contribution is 0.145. The molecule has 3 rings (SSSR count). The van der Waals surface area contributed by atoms with Crippen molar-refractivity contribution in [3.63, 3.8) is 0 Å². The normalized spacial score (nSPS) is 18.8. The van der Waals surface area contributed by atoms with Gasteiger partial charge in [-0.15, -0.1) is 0 Å². The van der Waals surface area contributed by atoms with Crippen molar-refractivity contribution in [2.75, 3.05) is 25.0 Å². The van der Waals surface area contributed by atoms with E-state index < -0.39 is 0 Å². The van der Waals surface area contributed by atoms with Crippen molar-refractivity contribution in [1.82, 2.24) is 19.9 Å². The molecular weight excluding hydrogens is 298 g/mol. The van der Waals surface area contributed by atoms with Gasteiger partial charge in [-0.1, -0.05) is 0 Å². The summed E-state index contributed by atoms with van der Waals surface area (Å²) in [7, 11) is 0. The second-order valence-corrected chi connectivity index (χ2v) is 6.91. The van der Waals surface area contributed by atoms with Crippen LogP contribution in [-0.4, -0.2) is 45.5 Å². The molecule has 1 fully saturated rings. The molecule has 0 bridgehead atoms. The smallest absolute Gasteiger partial charge is 0.130 e. The van der Waals surface area contributed by atoms with Gasteiger partial charge in [0, 0.05) is 43.2 Å². The number of likely N-dealkylation sites (tertiary alicyclic amines) is 1. The largest absolute Gasteiger partial charge is 0.370 e. The van der Waals surface area contributed by atoms with E-state index in [-0.39, 0.29) is 0 Å². The number of aromatic nitrogens is 3. The van der Waals surface area contributed by atoms with Crippen LogP contribution >= 0.6 is 0 Å². The lowest BCUT2D eigenvalue weighted by Crippen LogP contribution is -2.41. The quantitative estimate of drug-likeness (QED) is 0.913. The van der Waals surface area contributed by atoms with Crippen LogP contribution in [0.25, 0.3) is 11.3 Å². The van der Waals surface area contributed by atoms with Gasteiger partial charge in [0.2, 0.25) is 0 Å². The number of rotatable bonds is 5. The first-order valence-electron chi connectivity index (χ1n) is 8.86. The number of nitrogens with one attached hydrogen (secondary N) is 1. The number of nitrogens with zero attached hydrogens (tertiary/aromatic N) is 4. The fourth-order valence-electron chi connectivity index (χ4n) is 3.30. The van der Waals surface area contributed by atoms with Crippen LogP contribution < -0.4 is 5.32 Å². The van der Waals surface area contributed by atoms with Crippen molar-refractivity contribution in [3.8, 4) is 11.3 Å². The van der Waals surface area contributed by atoms with E-state index in [1.807, 2.05) is 31.3 Å². The lowest BCUT2D eigenvalue weighted by atomic mass is 9.97. The average molecular weight is 325 g/mol. The van der Waals surface area contributed by atoms with E-state index in [2.05, 4.69) is 39.0 Å². The molecule has 1 aliphatic heterocycles. The molecule has 0 spiro atoms. The van der Waals surface area contributed by atoms with Crippen LogP contribution in [0.5, 0.6) is 0 Å². The van der Waals surface area contributed by atoms with Crippen LogP contribution in [0.1, 0.15) is 32.5 Å². The van der Waals surface area contributed by atoms with Gasteiger partial charge in [-0.3, -0.25) is 4.98 Å². The lowest BCUT2D eigenvalue weighted by Gasteiger charge is -2.35. The Morgan fingerprint density at radius 2 is 2.21 bits per heavy atom. The molecule has 5 heteroatoms. The summed E-state index contributed by atoms with van der Waals surface area (Å²) >= 11 is 0. The third kappa shape index (κ3) is 4.29. The molecule has 1 saturated heterocycles. The molecule has 0 saturated carbocycles. The third-order valence-corrected chi connectivity index (χ3v) is 4.65. The van der Waals surface area contributed by atoms with Crippen molar-refractivity contribution >= 4 is 5.82 Å². The molecule has 0 amide bonds. The summed E-state index contributed by atoms with van der Waals surface area (Å²) < 4.78 is 0. The highest BCUT2D eigenvalue weighted by Crippen LogP contribution is 2.21. The summed E-state index contributed by atoms with van der Waals surface area (Å²) in [5.74, 6) is 2.37. The molecule has 0 aromatic carbocycles. The Bertz CT molecular complexity index is 656. The first-order valence-corrected chi connectivity index (χ1v) is 8.86. The van der Waals surface area contributed by atoms with Gasteiger partial charge in [0.1, 0.15) is 11.6 Å². The molecule has 1 N–H and O–H groups in total. The van der Waals surface area contributed by atoms with E-state index >= 15 is 0 Å². The second kappa shape index (κ2) is 7.71. The topological polar surface area (TPSA) is 53.9 Å². The Hall–Kier alpha value is -2.01. The van der Waals surface area contributed by atoms with Gasteiger partial charge in [0.05, 0.1) is 5.69 Å². The maximum absolute atomic E-state index is 4.54. The monoisotopic (exact) mass is 325 g/mol. The summed E-state index contributed by atoms with van der Waals surface area (Å²) in [5.41, 5.74) is 1.94. The molecule has 24 heavy (non-hydrogen) atoms. The van der Waals surface area contributed by atoms with Gasteiger partial charge in [0.25, 0.3) is 0 Å². The molecule has 1 aliphatic rings. The van der Waals surface area contributed by atoms with E-state index in [1.165, 1.54) is 25.9 Å². The van der Waals surface area contributed by atoms with Crippen molar-refractivity contribution in [1.29, 1.82) is 0 Å². The second-order valence-electron chi connectivity index (χ2n) is 6.91. The van der Waals surface area contributed by atoms with Crippen LogP contribution in [0.2, 0.25) is 0 Å². The minimum absolute atomic E-state index is 0.631. The van der Waals surface area contributed by atoms with E-state index in [0.717, 1.165) is 29.4 Å². The summed E-state index contributed by atoms with van der Waals surface area (Å²) in [5, 5.41) is 3.53. The molecule has 0 unspecified atom stereocenters. The molecule has 2 aromatic heterocycles. The molecule has 5 nitrogen and oxygen atoms in total. The first kappa shape index (κ1) is 16.8. The fourth-order valence-corrected chi connectivity index (χ4v) is 3.30. The predicted octanol–water partition coefficient (Wildman–Crippen LogP) is 3.38. The van der Waals surface area contributed by atoms with Crippen LogP contribution in [0.4, 0.5) is 5.82 Å². The maximum atomic E-state index is 4.54. The zero-order valence-corrected chi connectivity index (χ0v) is 14.9. The molecule has 0 radical (unpaired) electrons. The standard InChI is InChI=1S/C19H27N5/c1-14(2)24-9-5-6-16(13-24)11-21-19-10-18(22-15(3)23-19)17-7-4-8-20-12-17/h4,7-8,10,12,14,16H,5-6,9,11,13H2,1-3H3,(H,21,22,23)/t16-/m1/s1. The fraction of sp³-hybridized carbons (Fsp3) is 0.526. The number of anilines is 1. The highest BCUT2D eigenvalue weighted by Gasteiger charge is 2.21. The number of hydrogen-bond acceptors (Lipinski definition) is 5. The van der Waals surface area contributed by atoms with Crippen molar-refractivity contribution in [2.24, 2.45) is 5.92 Å². The summed E-state index contributed by atoms with van der Waals surface area (Å²) in [6.07, 6.45) is 6.19. The van der Waals surface area contributed by atoms with E-state index in [1.54, 1.807) is 6.20 Å². The molecule has 1 atom stereocenters. The van der Waals surface area contributed by atoms with Gasteiger partial charge in [-0.25, -0.2) is 9.97 Å². The first-order chi connectivity index (χ1) is 11.6. The van der Waals surface area contributed by atoms with E-state index in [4.69, 9.17) is 0 Å². The number of piperidine rings is 1. The van der Waals surface area contributed by atoms with Crippen LogP contribution in [0, 0.1) is 12.8 Å². The van der Waals surface area contributed by atoms with Crippen molar-refractivity contribution < 1.29 is 0 Å². The number of pyridine rings is 1. The molecule has 128 valence electrons. The third-order valence-electron chi connectivity index (χ3n) is 4.65. The zero-order chi connectivity index (χ0) is 16.9. The number of hydrogen-bond donors (Lipinski definition) is 1. The van der Waals surface area contributed by atoms with Gasteiger partial charge in [-0.05, 0) is 58.2 Å². The minimum atomic E-state index is 0.631. The minimum Gasteiger partial charge on any atom is -0.370 e. The molecule has 2 aromatic rings. The van der Waals surface area contributed by atoms with E-state index in [9.17, 15) is 0 Å². The zero-order valence-electron chi connectivity index (χ0n) is 14.9. The van der Waals surface area contributed by atoms with Gasteiger partial charge >= 0.3 is 0 Å². The summed E-state index contributed by atoms with van der Waals surface area (Å²) in [6.45, 7) is 9.86. The highest BCUT2D eigenvalue weighted by molar-refractivity contribution is 5.61. The van der Waals surface area contributed by atoms with Crippen molar-refractivity contribution in [2.45, 2.75) is 39.7 Å². The predicted molar refractivity (Wildman–Crippen MR) is 97.9 cm³/mol. The van der Waals surface area contributed by atoms with Crippen LogP contribution in [0.15, 0.2) is 30.6 Å². The maximum Gasteiger partial charge on any atom is 0.130 e. The number of aryl methyl sites for hydroxylation is 1. The molecular formula is C19H27N5.